The smallest absolute Gasteiger partial charge is 0.262 e. The molecule has 0 bridgehead atoms. The summed E-state index contributed by atoms with van der Waals surface area (Å²) in [7, 11) is -3.90. The summed E-state index contributed by atoms with van der Waals surface area (Å²) < 4.78 is 34.2. The number of thioether (sulfide) groups is 1. The molecule has 0 aliphatic heterocycles. The van der Waals surface area contributed by atoms with Gasteiger partial charge in [0, 0.05) is 15.5 Å². The zero-order valence-electron chi connectivity index (χ0n) is 16.9. The van der Waals surface area contributed by atoms with Crippen molar-refractivity contribution in [2.24, 2.45) is 0 Å². The molecular weight excluding hydrogens is 456 g/mol. The average molecular weight is 477 g/mol. The van der Waals surface area contributed by atoms with E-state index in [1.807, 2.05) is 18.4 Å². The molecule has 0 aliphatic carbocycles. The Morgan fingerprint density at radius 3 is 2.52 bits per heavy atom. The van der Waals surface area contributed by atoms with Crippen LogP contribution in [0.25, 0.3) is 0 Å². The van der Waals surface area contributed by atoms with Crippen LogP contribution in [0.5, 0.6) is 5.75 Å². The van der Waals surface area contributed by atoms with Gasteiger partial charge in [0.05, 0.1) is 22.9 Å². The zero-order chi connectivity index (χ0) is 22.4. The number of rotatable bonds is 8. The molecule has 0 fully saturated rings. The van der Waals surface area contributed by atoms with Crippen LogP contribution in [0.2, 0.25) is 5.02 Å². The van der Waals surface area contributed by atoms with Gasteiger partial charge in [-0.3, -0.25) is 9.52 Å². The van der Waals surface area contributed by atoms with Crippen molar-refractivity contribution >= 4 is 50.7 Å². The number of anilines is 2. The molecular formula is C22H21ClN2O4S2. The Balaban J connectivity index is 1.94. The number of benzene rings is 3. The average Bonchev–Trinajstić information content (AvgIpc) is 2.75. The molecule has 3 aromatic rings. The van der Waals surface area contributed by atoms with Crippen LogP contribution >= 0.6 is 23.4 Å². The molecule has 0 spiro atoms. The lowest BCUT2D eigenvalue weighted by atomic mass is 10.2. The summed E-state index contributed by atoms with van der Waals surface area (Å²) in [6.45, 7) is 2.15. The molecule has 9 heteroatoms. The first-order chi connectivity index (χ1) is 14.8. The van der Waals surface area contributed by atoms with Crippen LogP contribution in [0.1, 0.15) is 17.3 Å². The highest BCUT2D eigenvalue weighted by atomic mass is 35.5. The van der Waals surface area contributed by atoms with Gasteiger partial charge in [0.1, 0.15) is 5.75 Å². The second kappa shape index (κ2) is 10.1. The summed E-state index contributed by atoms with van der Waals surface area (Å²) in [5.41, 5.74) is 1.07. The van der Waals surface area contributed by atoms with Crippen LogP contribution in [0.3, 0.4) is 0 Å². The third-order valence-corrected chi connectivity index (χ3v) is 6.64. The minimum atomic E-state index is -3.90. The van der Waals surface area contributed by atoms with Crippen LogP contribution in [0.15, 0.2) is 76.5 Å². The molecule has 0 aromatic heterocycles. The number of para-hydroxylation sites is 1. The third-order valence-electron chi connectivity index (χ3n) is 4.25. The first kappa shape index (κ1) is 23.0. The lowest BCUT2D eigenvalue weighted by molar-refractivity contribution is 0.102. The van der Waals surface area contributed by atoms with E-state index in [0.29, 0.717) is 28.6 Å². The maximum Gasteiger partial charge on any atom is 0.262 e. The zero-order valence-corrected chi connectivity index (χ0v) is 19.3. The van der Waals surface area contributed by atoms with Crippen LogP contribution in [0.4, 0.5) is 11.4 Å². The van der Waals surface area contributed by atoms with Crippen LogP contribution < -0.4 is 14.8 Å². The van der Waals surface area contributed by atoms with E-state index in [1.165, 1.54) is 36.0 Å². The second-order valence-corrected chi connectivity index (χ2v) is 9.33. The van der Waals surface area contributed by atoms with Crippen molar-refractivity contribution in [3.05, 3.63) is 77.3 Å². The number of hydrogen-bond donors (Lipinski definition) is 2. The molecule has 0 radical (unpaired) electrons. The summed E-state index contributed by atoms with van der Waals surface area (Å²) >= 11 is 7.40. The van der Waals surface area contributed by atoms with Crippen molar-refractivity contribution in [1.29, 1.82) is 0 Å². The molecule has 3 rings (SSSR count). The molecule has 3 aromatic carbocycles. The fourth-order valence-electron chi connectivity index (χ4n) is 2.81. The van der Waals surface area contributed by atoms with Crippen molar-refractivity contribution in [2.45, 2.75) is 16.7 Å². The van der Waals surface area contributed by atoms with Crippen molar-refractivity contribution in [3.8, 4) is 5.75 Å². The largest absolute Gasteiger partial charge is 0.492 e. The molecule has 162 valence electrons. The Morgan fingerprint density at radius 1 is 1.03 bits per heavy atom. The molecule has 0 saturated heterocycles. The van der Waals surface area contributed by atoms with E-state index in [9.17, 15) is 13.2 Å². The molecule has 0 atom stereocenters. The summed E-state index contributed by atoms with van der Waals surface area (Å²) in [4.78, 5) is 13.5. The molecule has 0 heterocycles. The van der Waals surface area contributed by atoms with Gasteiger partial charge >= 0.3 is 0 Å². The molecule has 2 N–H and O–H groups in total. The topological polar surface area (TPSA) is 84.5 Å². The highest BCUT2D eigenvalue weighted by molar-refractivity contribution is 7.99. The highest BCUT2D eigenvalue weighted by Gasteiger charge is 2.19. The molecule has 6 nitrogen and oxygen atoms in total. The van der Waals surface area contributed by atoms with Gasteiger partial charge in [-0.15, -0.1) is 11.8 Å². The van der Waals surface area contributed by atoms with Gasteiger partial charge in [0.25, 0.3) is 15.9 Å². The summed E-state index contributed by atoms with van der Waals surface area (Å²) in [5, 5.41) is 3.14. The fraction of sp³-hybridized carbons (Fsp3) is 0.136. The molecule has 0 unspecified atom stereocenters. The standard InChI is InChI=1S/C22H21ClN2O4S2/c1-3-29-20-12-11-17(31(27,28)25-18-9-4-5-10-21(18)30-2)14-19(20)24-22(26)15-7-6-8-16(23)13-15/h4-14,25H,3H2,1-2H3,(H,24,26). The lowest BCUT2D eigenvalue weighted by Gasteiger charge is -2.15. The summed E-state index contributed by atoms with van der Waals surface area (Å²) in [5.74, 6) is -0.0694. The van der Waals surface area contributed by atoms with Gasteiger partial charge in [0.2, 0.25) is 0 Å². The van der Waals surface area contributed by atoms with Gasteiger partial charge in [-0.2, -0.15) is 0 Å². The van der Waals surface area contributed by atoms with Crippen molar-refractivity contribution < 1.29 is 17.9 Å². The number of ether oxygens (including phenoxy) is 1. The quantitative estimate of drug-likeness (QED) is 0.418. The second-order valence-electron chi connectivity index (χ2n) is 6.36. The van der Waals surface area contributed by atoms with Gasteiger partial charge in [-0.05, 0) is 61.7 Å². The first-order valence-electron chi connectivity index (χ1n) is 9.33. The minimum Gasteiger partial charge on any atom is -0.492 e. The SMILES string of the molecule is CCOc1ccc(S(=O)(=O)Nc2ccccc2SC)cc1NC(=O)c1cccc(Cl)c1. The maximum absolute atomic E-state index is 13.0. The molecule has 0 aliphatic rings. The third kappa shape index (κ3) is 5.72. The Labute approximate surface area is 191 Å². The van der Waals surface area contributed by atoms with E-state index >= 15 is 0 Å². The van der Waals surface area contributed by atoms with Gasteiger partial charge < -0.3 is 10.1 Å². The van der Waals surface area contributed by atoms with Gasteiger partial charge in [-0.1, -0.05) is 29.8 Å². The van der Waals surface area contributed by atoms with E-state index in [-0.39, 0.29) is 10.6 Å². The Morgan fingerprint density at radius 2 is 1.81 bits per heavy atom. The minimum absolute atomic E-state index is 0.00625. The van der Waals surface area contributed by atoms with Crippen LogP contribution in [-0.2, 0) is 10.0 Å². The Hall–Kier alpha value is -2.68. The molecule has 0 saturated carbocycles. The number of hydrogen-bond acceptors (Lipinski definition) is 5. The van der Waals surface area contributed by atoms with E-state index in [0.717, 1.165) is 4.90 Å². The predicted octanol–water partition coefficient (Wildman–Crippen LogP) is 5.51. The summed E-state index contributed by atoms with van der Waals surface area (Å²) in [6, 6.07) is 17.9. The first-order valence-corrected chi connectivity index (χ1v) is 12.4. The maximum atomic E-state index is 13.0. The molecule has 31 heavy (non-hydrogen) atoms. The van der Waals surface area contributed by atoms with E-state index in [1.54, 1.807) is 37.3 Å². The number of sulfonamides is 1. The van der Waals surface area contributed by atoms with Crippen LogP contribution in [-0.4, -0.2) is 27.2 Å². The number of amides is 1. The number of carbonyl (C=O) groups excluding carboxylic acids is 1. The van der Waals surface area contributed by atoms with Gasteiger partial charge in [0.15, 0.2) is 0 Å². The lowest BCUT2D eigenvalue weighted by Crippen LogP contribution is -2.16. The van der Waals surface area contributed by atoms with Crippen molar-refractivity contribution in [2.75, 3.05) is 22.9 Å². The van der Waals surface area contributed by atoms with E-state index < -0.39 is 15.9 Å². The fourth-order valence-corrected chi connectivity index (χ4v) is 4.73. The van der Waals surface area contributed by atoms with Crippen molar-refractivity contribution in [1.82, 2.24) is 0 Å². The van der Waals surface area contributed by atoms with Gasteiger partial charge in [-0.25, -0.2) is 8.42 Å². The number of carbonyl (C=O) groups is 1. The monoisotopic (exact) mass is 476 g/mol. The highest BCUT2D eigenvalue weighted by Crippen LogP contribution is 2.31. The van der Waals surface area contributed by atoms with E-state index in [4.69, 9.17) is 16.3 Å². The normalized spacial score (nSPS) is 11.1. The Kier molecular flexibility index (Phi) is 7.48. The van der Waals surface area contributed by atoms with E-state index in [2.05, 4.69) is 10.0 Å². The summed E-state index contributed by atoms with van der Waals surface area (Å²) in [6.07, 6.45) is 1.87. The van der Waals surface area contributed by atoms with Crippen molar-refractivity contribution in [3.63, 3.8) is 0 Å². The van der Waals surface area contributed by atoms with Crippen LogP contribution in [0, 0.1) is 0 Å². The Bertz CT molecular complexity index is 1200. The molecule has 1 amide bonds. The predicted molar refractivity (Wildman–Crippen MR) is 126 cm³/mol. The number of halogens is 1. The number of nitrogens with one attached hydrogen (secondary N) is 2.